The Morgan fingerprint density at radius 1 is 1.22 bits per heavy atom. The van der Waals surface area contributed by atoms with Crippen LogP contribution in [-0.4, -0.2) is 21.9 Å². The lowest BCUT2D eigenvalue weighted by Gasteiger charge is -2.09. The lowest BCUT2D eigenvalue weighted by atomic mass is 10.2. The van der Waals surface area contributed by atoms with Crippen LogP contribution in [0.2, 0.25) is 0 Å². The second-order valence-corrected chi connectivity index (χ2v) is 6.85. The molecule has 1 aromatic heterocycles. The number of hydrogen-bond donors (Lipinski definition) is 1. The highest BCUT2D eigenvalue weighted by molar-refractivity contribution is 7.14. The molecule has 0 radical (unpaired) electrons. The van der Waals surface area contributed by atoms with Gasteiger partial charge in [0.05, 0.1) is 16.7 Å². The highest BCUT2D eigenvalue weighted by Crippen LogP contribution is 2.27. The minimum Gasteiger partial charge on any atom is -0.491 e. The molecular formula is C19H17N3O4S. The van der Waals surface area contributed by atoms with Crippen molar-refractivity contribution in [1.82, 2.24) is 4.98 Å². The third-order valence-corrected chi connectivity index (χ3v) is 4.32. The van der Waals surface area contributed by atoms with Gasteiger partial charge in [-0.15, -0.1) is 11.3 Å². The fourth-order valence-electron chi connectivity index (χ4n) is 2.37. The maximum Gasteiger partial charge on any atom is 0.270 e. The van der Waals surface area contributed by atoms with E-state index < -0.39 is 10.8 Å². The van der Waals surface area contributed by atoms with Gasteiger partial charge in [-0.3, -0.25) is 20.2 Å². The SMILES string of the molecule is CC(C)Oc1ccc(-c2csc(NC(=O)c3cccc([N+](=O)[O-])c3)n2)cc1. The van der Waals surface area contributed by atoms with E-state index in [9.17, 15) is 14.9 Å². The summed E-state index contributed by atoms with van der Waals surface area (Å²) in [4.78, 5) is 27.0. The number of nitrogens with zero attached hydrogens (tertiary/aromatic N) is 2. The molecule has 138 valence electrons. The van der Waals surface area contributed by atoms with Gasteiger partial charge in [0.1, 0.15) is 5.75 Å². The minimum atomic E-state index is -0.537. The van der Waals surface area contributed by atoms with Gasteiger partial charge in [0.25, 0.3) is 11.6 Å². The van der Waals surface area contributed by atoms with Crippen LogP contribution in [0.5, 0.6) is 5.75 Å². The average Bonchev–Trinajstić information content (AvgIpc) is 3.10. The molecule has 0 saturated carbocycles. The van der Waals surface area contributed by atoms with E-state index in [0.717, 1.165) is 17.0 Å². The molecule has 27 heavy (non-hydrogen) atoms. The minimum absolute atomic E-state index is 0.103. The Kier molecular flexibility index (Phi) is 5.46. The van der Waals surface area contributed by atoms with E-state index in [1.54, 1.807) is 0 Å². The fourth-order valence-corrected chi connectivity index (χ4v) is 3.08. The topological polar surface area (TPSA) is 94.4 Å². The van der Waals surface area contributed by atoms with Crippen LogP contribution < -0.4 is 10.1 Å². The van der Waals surface area contributed by atoms with E-state index in [1.165, 1.54) is 35.6 Å². The Bertz CT molecular complexity index is 967. The first-order valence-electron chi connectivity index (χ1n) is 8.21. The lowest BCUT2D eigenvalue weighted by Crippen LogP contribution is -2.11. The van der Waals surface area contributed by atoms with Gasteiger partial charge in [0, 0.05) is 28.6 Å². The van der Waals surface area contributed by atoms with Gasteiger partial charge < -0.3 is 4.74 Å². The molecule has 8 heteroatoms. The van der Waals surface area contributed by atoms with Crippen LogP contribution in [-0.2, 0) is 0 Å². The number of anilines is 1. The summed E-state index contributed by atoms with van der Waals surface area (Å²) in [7, 11) is 0. The third-order valence-electron chi connectivity index (χ3n) is 3.57. The van der Waals surface area contributed by atoms with Gasteiger partial charge in [-0.05, 0) is 44.2 Å². The normalized spacial score (nSPS) is 10.6. The number of thiazole rings is 1. The molecule has 0 saturated heterocycles. The summed E-state index contributed by atoms with van der Waals surface area (Å²) in [6, 6.07) is 13.1. The number of nitrogens with one attached hydrogen (secondary N) is 1. The quantitative estimate of drug-likeness (QED) is 0.489. The molecule has 1 heterocycles. The molecule has 0 spiro atoms. The maximum absolute atomic E-state index is 12.3. The molecule has 0 unspecified atom stereocenters. The number of carbonyl (C=O) groups is 1. The first-order chi connectivity index (χ1) is 12.9. The zero-order valence-electron chi connectivity index (χ0n) is 14.7. The Balaban J connectivity index is 1.71. The number of ether oxygens (including phenoxy) is 1. The molecule has 3 aromatic rings. The molecule has 0 atom stereocenters. The van der Waals surface area contributed by atoms with Crippen molar-refractivity contribution in [3.8, 4) is 17.0 Å². The highest BCUT2D eigenvalue weighted by atomic mass is 32.1. The van der Waals surface area contributed by atoms with Crippen LogP contribution in [0.4, 0.5) is 10.8 Å². The smallest absolute Gasteiger partial charge is 0.270 e. The first-order valence-corrected chi connectivity index (χ1v) is 9.09. The van der Waals surface area contributed by atoms with Crippen LogP contribution >= 0.6 is 11.3 Å². The van der Waals surface area contributed by atoms with E-state index in [4.69, 9.17) is 4.74 Å². The van der Waals surface area contributed by atoms with Crippen molar-refractivity contribution in [2.75, 3.05) is 5.32 Å². The average molecular weight is 383 g/mol. The number of benzene rings is 2. The maximum atomic E-state index is 12.3. The van der Waals surface area contributed by atoms with Crippen LogP contribution in [0.25, 0.3) is 11.3 Å². The van der Waals surface area contributed by atoms with Crippen molar-refractivity contribution in [3.05, 3.63) is 69.6 Å². The predicted molar refractivity (Wildman–Crippen MR) is 104 cm³/mol. The molecule has 0 fully saturated rings. The van der Waals surface area contributed by atoms with Crippen molar-refractivity contribution in [3.63, 3.8) is 0 Å². The zero-order valence-corrected chi connectivity index (χ0v) is 15.5. The summed E-state index contributed by atoms with van der Waals surface area (Å²) in [5, 5.41) is 15.8. The molecule has 0 aliphatic heterocycles. The predicted octanol–water partition coefficient (Wildman–Crippen LogP) is 4.76. The molecule has 2 aromatic carbocycles. The van der Waals surface area contributed by atoms with E-state index in [-0.39, 0.29) is 17.4 Å². The summed E-state index contributed by atoms with van der Waals surface area (Å²) in [6.07, 6.45) is 0.103. The molecule has 3 rings (SSSR count). The van der Waals surface area contributed by atoms with E-state index >= 15 is 0 Å². The number of nitro benzene ring substituents is 1. The van der Waals surface area contributed by atoms with Crippen molar-refractivity contribution in [2.45, 2.75) is 20.0 Å². The van der Waals surface area contributed by atoms with Crippen LogP contribution in [0, 0.1) is 10.1 Å². The molecule has 0 bridgehead atoms. The number of hydrogen-bond acceptors (Lipinski definition) is 6. The Morgan fingerprint density at radius 2 is 1.96 bits per heavy atom. The number of nitro groups is 1. The largest absolute Gasteiger partial charge is 0.491 e. The molecule has 0 aliphatic carbocycles. The first kappa shape index (κ1) is 18.5. The summed E-state index contributed by atoms with van der Waals surface area (Å²) < 4.78 is 5.62. The van der Waals surface area contributed by atoms with Gasteiger partial charge >= 0.3 is 0 Å². The third kappa shape index (κ3) is 4.68. The van der Waals surface area contributed by atoms with Crippen molar-refractivity contribution < 1.29 is 14.5 Å². The van der Waals surface area contributed by atoms with Gasteiger partial charge in [0.15, 0.2) is 5.13 Å². The second-order valence-electron chi connectivity index (χ2n) is 5.99. The Hall–Kier alpha value is -3.26. The van der Waals surface area contributed by atoms with E-state index in [1.807, 2.05) is 43.5 Å². The van der Waals surface area contributed by atoms with Gasteiger partial charge in [-0.1, -0.05) is 6.07 Å². The number of rotatable bonds is 6. The van der Waals surface area contributed by atoms with Crippen molar-refractivity contribution in [1.29, 1.82) is 0 Å². The van der Waals surface area contributed by atoms with Crippen molar-refractivity contribution >= 4 is 28.1 Å². The molecule has 7 nitrogen and oxygen atoms in total. The highest BCUT2D eigenvalue weighted by Gasteiger charge is 2.13. The fraction of sp³-hybridized carbons (Fsp3) is 0.158. The van der Waals surface area contributed by atoms with Crippen LogP contribution in [0.1, 0.15) is 24.2 Å². The molecular weight excluding hydrogens is 366 g/mol. The van der Waals surface area contributed by atoms with E-state index in [0.29, 0.717) is 5.13 Å². The van der Waals surface area contributed by atoms with Gasteiger partial charge in [0.2, 0.25) is 0 Å². The molecule has 0 aliphatic rings. The zero-order chi connectivity index (χ0) is 19.4. The number of non-ortho nitro benzene ring substituents is 1. The van der Waals surface area contributed by atoms with Crippen molar-refractivity contribution in [2.24, 2.45) is 0 Å². The molecule has 1 N–H and O–H groups in total. The lowest BCUT2D eigenvalue weighted by molar-refractivity contribution is -0.384. The number of aromatic nitrogens is 1. The second kappa shape index (κ2) is 7.96. The summed E-state index contributed by atoms with van der Waals surface area (Å²) in [6.45, 7) is 3.93. The van der Waals surface area contributed by atoms with E-state index in [2.05, 4.69) is 10.3 Å². The summed E-state index contributed by atoms with van der Waals surface area (Å²) in [5.41, 5.74) is 1.70. The Labute approximate surface area is 159 Å². The van der Waals surface area contributed by atoms with Crippen LogP contribution in [0.15, 0.2) is 53.9 Å². The number of amides is 1. The van der Waals surface area contributed by atoms with Gasteiger partial charge in [-0.2, -0.15) is 0 Å². The Morgan fingerprint density at radius 3 is 2.63 bits per heavy atom. The summed E-state index contributed by atoms with van der Waals surface area (Å²) in [5.74, 6) is 0.337. The molecule has 1 amide bonds. The van der Waals surface area contributed by atoms with Crippen LogP contribution in [0.3, 0.4) is 0 Å². The standard InChI is InChI=1S/C19H17N3O4S/c1-12(2)26-16-8-6-13(7-9-16)17-11-27-19(20-17)21-18(23)14-4-3-5-15(10-14)22(24)25/h3-12H,1-2H3,(H,20,21,23). The van der Waals surface area contributed by atoms with Gasteiger partial charge in [-0.25, -0.2) is 4.98 Å². The monoisotopic (exact) mass is 383 g/mol. The number of carbonyl (C=O) groups excluding carboxylic acids is 1. The summed E-state index contributed by atoms with van der Waals surface area (Å²) >= 11 is 1.28.